The van der Waals surface area contributed by atoms with Crippen LogP contribution in [-0.4, -0.2) is 50.4 Å². The maximum absolute atomic E-state index is 12.6. The molecule has 1 aromatic carbocycles. The minimum atomic E-state index is -3.56. The number of hydrogen-bond acceptors (Lipinski definition) is 4. The second kappa shape index (κ2) is 8.69. The van der Waals surface area contributed by atoms with Gasteiger partial charge in [0.05, 0.1) is 4.90 Å². The van der Waals surface area contributed by atoms with E-state index in [9.17, 15) is 13.2 Å². The summed E-state index contributed by atoms with van der Waals surface area (Å²) >= 11 is 0. The Morgan fingerprint density at radius 1 is 1.12 bits per heavy atom. The number of halogens is 1. The van der Waals surface area contributed by atoms with Gasteiger partial charge < -0.3 is 10.2 Å². The van der Waals surface area contributed by atoms with Crippen molar-refractivity contribution in [2.24, 2.45) is 0 Å². The van der Waals surface area contributed by atoms with E-state index in [1.165, 1.54) is 12.1 Å². The van der Waals surface area contributed by atoms with Crippen LogP contribution in [0.2, 0.25) is 0 Å². The van der Waals surface area contributed by atoms with Crippen molar-refractivity contribution in [3.63, 3.8) is 0 Å². The van der Waals surface area contributed by atoms with Crippen molar-refractivity contribution in [3.8, 4) is 0 Å². The fourth-order valence-electron chi connectivity index (χ4n) is 3.91. The van der Waals surface area contributed by atoms with Crippen LogP contribution in [0.1, 0.15) is 49.9 Å². The summed E-state index contributed by atoms with van der Waals surface area (Å²) in [6, 6.07) is 7.09. The number of rotatable bonds is 6. The lowest BCUT2D eigenvalue weighted by molar-refractivity contribution is 0.0773. The predicted molar refractivity (Wildman–Crippen MR) is 104 cm³/mol. The van der Waals surface area contributed by atoms with Gasteiger partial charge in [0, 0.05) is 36.8 Å². The van der Waals surface area contributed by atoms with Crippen molar-refractivity contribution in [2.75, 3.05) is 13.1 Å². The number of piperidine rings is 1. The maximum atomic E-state index is 12.6. The SMILES string of the molecule is CCN(CC)C(=O)c1ccc(S(=O)(=O)NC2CC3CCC(C2)N3)cc1.Cl. The molecule has 2 N–H and O–H groups in total. The third-order valence-corrected chi connectivity index (χ3v) is 6.79. The highest BCUT2D eigenvalue weighted by atomic mass is 35.5. The smallest absolute Gasteiger partial charge is 0.253 e. The normalized spacial score (nSPS) is 24.8. The van der Waals surface area contributed by atoms with E-state index in [0.717, 1.165) is 25.7 Å². The molecule has 2 heterocycles. The monoisotopic (exact) mass is 401 g/mol. The van der Waals surface area contributed by atoms with E-state index in [1.54, 1.807) is 17.0 Å². The van der Waals surface area contributed by atoms with Crippen LogP contribution < -0.4 is 10.0 Å². The van der Waals surface area contributed by atoms with E-state index in [0.29, 0.717) is 30.7 Å². The molecule has 2 saturated heterocycles. The molecule has 2 atom stereocenters. The van der Waals surface area contributed by atoms with E-state index in [2.05, 4.69) is 10.0 Å². The largest absolute Gasteiger partial charge is 0.339 e. The van der Waals surface area contributed by atoms with Gasteiger partial charge in [-0.05, 0) is 63.8 Å². The molecule has 1 aromatic rings. The zero-order valence-electron chi connectivity index (χ0n) is 15.3. The molecule has 26 heavy (non-hydrogen) atoms. The Labute approximate surface area is 162 Å². The molecule has 0 spiro atoms. The number of nitrogens with one attached hydrogen (secondary N) is 2. The molecule has 3 rings (SSSR count). The van der Waals surface area contributed by atoms with Crippen LogP contribution in [0, 0.1) is 0 Å². The summed E-state index contributed by atoms with van der Waals surface area (Å²) in [6.07, 6.45) is 3.94. The first-order chi connectivity index (χ1) is 11.9. The number of fused-ring (bicyclic) bond motifs is 2. The number of hydrogen-bond donors (Lipinski definition) is 2. The summed E-state index contributed by atoms with van der Waals surface area (Å²) in [7, 11) is -3.56. The van der Waals surface area contributed by atoms with Gasteiger partial charge in [-0.25, -0.2) is 13.1 Å². The summed E-state index contributed by atoms with van der Waals surface area (Å²) in [5.41, 5.74) is 0.516. The van der Waals surface area contributed by atoms with Gasteiger partial charge in [-0.3, -0.25) is 4.79 Å². The molecular formula is C18H28ClN3O3S. The second-order valence-corrected chi connectivity index (χ2v) is 8.64. The van der Waals surface area contributed by atoms with Crippen LogP contribution in [0.5, 0.6) is 0 Å². The minimum Gasteiger partial charge on any atom is -0.339 e. The molecule has 0 radical (unpaired) electrons. The standard InChI is InChI=1S/C18H27N3O3S.ClH/c1-3-21(4-2)18(22)13-5-9-17(10-6-13)25(23,24)20-16-11-14-7-8-15(12-16)19-14;/h5-6,9-10,14-16,19-20H,3-4,7-8,11-12H2,1-2H3;1H. The molecule has 1 amide bonds. The molecule has 146 valence electrons. The van der Waals surface area contributed by atoms with Gasteiger partial charge in [-0.15, -0.1) is 12.4 Å². The topological polar surface area (TPSA) is 78.5 Å². The number of carbonyl (C=O) groups excluding carboxylic acids is 1. The average Bonchev–Trinajstić information content (AvgIpc) is 2.94. The highest BCUT2D eigenvalue weighted by molar-refractivity contribution is 7.89. The molecule has 8 heteroatoms. The Balaban J connectivity index is 0.00000243. The van der Waals surface area contributed by atoms with Crippen molar-refractivity contribution in [2.45, 2.75) is 62.6 Å². The van der Waals surface area contributed by atoms with Crippen LogP contribution in [-0.2, 0) is 10.0 Å². The summed E-state index contributed by atoms with van der Waals surface area (Å²) in [6.45, 7) is 5.12. The lowest BCUT2D eigenvalue weighted by Crippen LogP contribution is -2.47. The van der Waals surface area contributed by atoms with Crippen LogP contribution in [0.3, 0.4) is 0 Å². The van der Waals surface area contributed by atoms with Gasteiger partial charge in [-0.1, -0.05) is 0 Å². The van der Waals surface area contributed by atoms with Crippen molar-refractivity contribution in [3.05, 3.63) is 29.8 Å². The number of sulfonamides is 1. The zero-order chi connectivity index (χ0) is 18.0. The van der Waals surface area contributed by atoms with Gasteiger partial charge in [0.2, 0.25) is 10.0 Å². The highest BCUT2D eigenvalue weighted by Gasteiger charge is 2.35. The minimum absolute atomic E-state index is 0. The molecule has 0 aliphatic carbocycles. The van der Waals surface area contributed by atoms with Crippen molar-refractivity contribution in [1.82, 2.24) is 14.9 Å². The first-order valence-corrected chi connectivity index (χ1v) is 10.6. The molecular weight excluding hydrogens is 374 g/mol. The summed E-state index contributed by atoms with van der Waals surface area (Å²) in [5, 5.41) is 3.51. The highest BCUT2D eigenvalue weighted by Crippen LogP contribution is 2.27. The van der Waals surface area contributed by atoms with E-state index in [4.69, 9.17) is 0 Å². The van der Waals surface area contributed by atoms with E-state index >= 15 is 0 Å². The fourth-order valence-corrected chi connectivity index (χ4v) is 5.17. The van der Waals surface area contributed by atoms with Crippen LogP contribution in [0.4, 0.5) is 0 Å². The summed E-state index contributed by atoms with van der Waals surface area (Å²) < 4.78 is 28.1. The molecule has 6 nitrogen and oxygen atoms in total. The summed E-state index contributed by atoms with van der Waals surface area (Å²) in [4.78, 5) is 14.2. The molecule has 2 aliphatic rings. The molecule has 2 aliphatic heterocycles. The van der Waals surface area contributed by atoms with E-state index in [1.807, 2.05) is 13.8 Å². The Hall–Kier alpha value is -1.15. The van der Waals surface area contributed by atoms with Crippen molar-refractivity contribution in [1.29, 1.82) is 0 Å². The second-order valence-electron chi connectivity index (χ2n) is 6.93. The first kappa shape index (κ1) is 21.2. The van der Waals surface area contributed by atoms with Crippen molar-refractivity contribution < 1.29 is 13.2 Å². The van der Waals surface area contributed by atoms with Gasteiger partial charge >= 0.3 is 0 Å². The zero-order valence-corrected chi connectivity index (χ0v) is 16.9. The Morgan fingerprint density at radius 2 is 1.65 bits per heavy atom. The van der Waals surface area contributed by atoms with Gasteiger partial charge in [0.1, 0.15) is 0 Å². The third kappa shape index (κ3) is 4.57. The maximum Gasteiger partial charge on any atom is 0.253 e. The number of carbonyl (C=O) groups is 1. The van der Waals surface area contributed by atoms with Gasteiger partial charge in [0.15, 0.2) is 0 Å². The Bertz CT molecular complexity index is 708. The third-order valence-electron chi connectivity index (χ3n) is 5.26. The summed E-state index contributed by atoms with van der Waals surface area (Å²) in [5.74, 6) is -0.0724. The fraction of sp³-hybridized carbons (Fsp3) is 0.611. The number of nitrogens with zero attached hydrogens (tertiary/aromatic N) is 1. The quantitative estimate of drug-likeness (QED) is 0.765. The first-order valence-electron chi connectivity index (χ1n) is 9.10. The number of benzene rings is 1. The van der Waals surface area contributed by atoms with E-state index < -0.39 is 10.0 Å². The molecule has 2 unspecified atom stereocenters. The molecule has 0 aromatic heterocycles. The van der Waals surface area contributed by atoms with Crippen LogP contribution in [0.25, 0.3) is 0 Å². The lowest BCUT2D eigenvalue weighted by Gasteiger charge is -2.29. The van der Waals surface area contributed by atoms with Crippen LogP contribution >= 0.6 is 12.4 Å². The predicted octanol–water partition coefficient (Wildman–Crippen LogP) is 2.15. The molecule has 0 saturated carbocycles. The Kier molecular flexibility index (Phi) is 7.07. The lowest BCUT2D eigenvalue weighted by atomic mass is 10.0. The molecule has 2 fully saturated rings. The van der Waals surface area contributed by atoms with Gasteiger partial charge in [-0.2, -0.15) is 0 Å². The number of amides is 1. The van der Waals surface area contributed by atoms with Gasteiger partial charge in [0.25, 0.3) is 5.91 Å². The van der Waals surface area contributed by atoms with Crippen LogP contribution in [0.15, 0.2) is 29.2 Å². The molecule has 2 bridgehead atoms. The van der Waals surface area contributed by atoms with Crippen molar-refractivity contribution >= 4 is 28.3 Å². The Morgan fingerprint density at radius 3 is 2.15 bits per heavy atom. The average molecular weight is 402 g/mol. The van der Waals surface area contributed by atoms with E-state index in [-0.39, 0.29) is 29.3 Å².